The van der Waals surface area contributed by atoms with Crippen LogP contribution in [0.5, 0.6) is 0 Å². The SMILES string of the molecule is C[C@@H]1CN(C(=O)c2ccccc2)CCN1C(=O)C(=O)c1c[nH]c2c1c([N+](=O)[O-])cc[n+]2[O-]. The molecule has 4 rings (SSSR count). The molecule has 0 bridgehead atoms. The summed E-state index contributed by atoms with van der Waals surface area (Å²) in [5, 5.41) is 23.1. The normalized spacial score (nSPS) is 16.2. The lowest BCUT2D eigenvalue weighted by Crippen LogP contribution is -2.56. The average Bonchev–Trinajstić information content (AvgIpc) is 3.24. The van der Waals surface area contributed by atoms with Gasteiger partial charge in [0.15, 0.2) is 5.39 Å². The van der Waals surface area contributed by atoms with Crippen molar-refractivity contribution in [1.82, 2.24) is 14.8 Å². The van der Waals surface area contributed by atoms with Crippen molar-refractivity contribution in [2.45, 2.75) is 13.0 Å². The number of rotatable bonds is 4. The highest BCUT2D eigenvalue weighted by atomic mass is 16.6. The van der Waals surface area contributed by atoms with Crippen LogP contribution in [0.4, 0.5) is 5.69 Å². The zero-order valence-corrected chi connectivity index (χ0v) is 17.1. The first-order chi connectivity index (χ1) is 15.3. The van der Waals surface area contributed by atoms with Gasteiger partial charge in [0, 0.05) is 31.2 Å². The molecule has 1 fully saturated rings. The number of piperazine rings is 1. The number of carbonyl (C=O) groups excluding carboxylic acids is 3. The van der Waals surface area contributed by atoms with Crippen LogP contribution in [0.3, 0.4) is 0 Å². The third-order valence-electron chi connectivity index (χ3n) is 5.54. The number of fused-ring (bicyclic) bond motifs is 1. The number of hydrogen-bond acceptors (Lipinski definition) is 6. The van der Waals surface area contributed by atoms with Crippen LogP contribution in [0, 0.1) is 15.3 Å². The summed E-state index contributed by atoms with van der Waals surface area (Å²) in [7, 11) is 0. The summed E-state index contributed by atoms with van der Waals surface area (Å²) in [4.78, 5) is 54.8. The minimum atomic E-state index is -0.958. The quantitative estimate of drug-likeness (QED) is 0.163. The highest BCUT2D eigenvalue weighted by Gasteiger charge is 2.36. The van der Waals surface area contributed by atoms with Gasteiger partial charge in [-0.3, -0.25) is 24.5 Å². The van der Waals surface area contributed by atoms with Gasteiger partial charge in [-0.25, -0.2) is 9.71 Å². The molecule has 0 aliphatic carbocycles. The summed E-state index contributed by atoms with van der Waals surface area (Å²) in [6.07, 6.45) is 2.09. The molecule has 1 saturated heterocycles. The maximum Gasteiger partial charge on any atom is 0.297 e. The Balaban J connectivity index is 1.56. The zero-order chi connectivity index (χ0) is 23.0. The minimum absolute atomic E-state index is 0.135. The molecule has 3 heterocycles. The number of nitrogens with one attached hydrogen (secondary N) is 1. The Morgan fingerprint density at radius 2 is 1.88 bits per heavy atom. The number of carbonyl (C=O) groups is 3. The van der Waals surface area contributed by atoms with E-state index in [1.165, 1.54) is 4.90 Å². The van der Waals surface area contributed by atoms with Crippen molar-refractivity contribution < 1.29 is 24.0 Å². The predicted molar refractivity (Wildman–Crippen MR) is 112 cm³/mol. The maximum atomic E-state index is 13.0. The van der Waals surface area contributed by atoms with Crippen LogP contribution in [-0.4, -0.2) is 63.0 Å². The number of Topliss-reactive ketones (excluding diaryl/α,β-unsaturated/α-hetero) is 1. The van der Waals surface area contributed by atoms with Crippen LogP contribution in [-0.2, 0) is 4.79 Å². The number of H-pyrrole nitrogens is 1. The molecule has 2 aromatic heterocycles. The predicted octanol–water partition coefficient (Wildman–Crippen LogP) is 1.27. The smallest absolute Gasteiger partial charge is 0.297 e. The second kappa shape index (κ2) is 8.10. The molecule has 11 heteroatoms. The molecule has 1 atom stereocenters. The van der Waals surface area contributed by atoms with Gasteiger partial charge in [0.25, 0.3) is 28.9 Å². The average molecular weight is 437 g/mol. The van der Waals surface area contributed by atoms with E-state index in [1.54, 1.807) is 36.1 Å². The molecule has 1 aromatic carbocycles. The Morgan fingerprint density at radius 3 is 2.53 bits per heavy atom. The number of nitrogens with zero attached hydrogens (tertiary/aromatic N) is 4. The first kappa shape index (κ1) is 21.0. The van der Waals surface area contributed by atoms with Gasteiger partial charge in [-0.05, 0) is 19.1 Å². The van der Waals surface area contributed by atoms with E-state index in [2.05, 4.69) is 4.98 Å². The molecule has 0 spiro atoms. The van der Waals surface area contributed by atoms with Crippen molar-refractivity contribution in [3.63, 3.8) is 0 Å². The lowest BCUT2D eigenvalue weighted by atomic mass is 10.1. The second-order valence-corrected chi connectivity index (χ2v) is 7.50. The van der Waals surface area contributed by atoms with Crippen molar-refractivity contribution in [2.24, 2.45) is 0 Å². The number of benzene rings is 1. The number of pyridine rings is 1. The van der Waals surface area contributed by atoms with Crippen LogP contribution < -0.4 is 4.73 Å². The second-order valence-electron chi connectivity index (χ2n) is 7.50. The summed E-state index contributed by atoms with van der Waals surface area (Å²) in [6, 6.07) is 9.30. The molecule has 3 aromatic rings. The molecule has 0 unspecified atom stereocenters. The molecular weight excluding hydrogens is 418 g/mol. The van der Waals surface area contributed by atoms with Crippen LogP contribution in [0.25, 0.3) is 11.0 Å². The fourth-order valence-corrected chi connectivity index (χ4v) is 3.93. The maximum absolute atomic E-state index is 13.0. The molecule has 2 amide bonds. The van der Waals surface area contributed by atoms with Gasteiger partial charge in [-0.1, -0.05) is 18.2 Å². The van der Waals surface area contributed by atoms with Gasteiger partial charge in [0.2, 0.25) is 0 Å². The molecule has 11 nitrogen and oxygen atoms in total. The van der Waals surface area contributed by atoms with E-state index in [0.717, 1.165) is 18.5 Å². The van der Waals surface area contributed by atoms with E-state index in [0.29, 0.717) is 10.3 Å². The van der Waals surface area contributed by atoms with Gasteiger partial charge < -0.3 is 15.0 Å². The lowest BCUT2D eigenvalue weighted by molar-refractivity contribution is -0.579. The molecule has 0 radical (unpaired) electrons. The monoisotopic (exact) mass is 437 g/mol. The molecule has 32 heavy (non-hydrogen) atoms. The van der Waals surface area contributed by atoms with Crippen molar-refractivity contribution in [2.75, 3.05) is 19.6 Å². The molecular formula is C21H19N5O6. The van der Waals surface area contributed by atoms with Crippen LogP contribution in [0.2, 0.25) is 0 Å². The first-order valence-corrected chi connectivity index (χ1v) is 9.87. The molecule has 1 aliphatic rings. The van der Waals surface area contributed by atoms with Gasteiger partial charge in [-0.15, -0.1) is 0 Å². The highest BCUT2D eigenvalue weighted by Crippen LogP contribution is 2.27. The Bertz CT molecular complexity index is 1240. The number of hydrogen-bond donors (Lipinski definition) is 1. The summed E-state index contributed by atoms with van der Waals surface area (Å²) in [5.74, 6) is -1.97. The third-order valence-corrected chi connectivity index (χ3v) is 5.54. The van der Waals surface area contributed by atoms with E-state index in [9.17, 15) is 29.7 Å². The third kappa shape index (κ3) is 3.53. The fraction of sp³-hybridized carbons (Fsp3) is 0.238. The summed E-state index contributed by atoms with van der Waals surface area (Å²) in [5.41, 5.74) is -0.332. The van der Waals surface area contributed by atoms with Gasteiger partial charge in [0.1, 0.15) is 12.4 Å². The number of nitro groups is 1. The van der Waals surface area contributed by atoms with Gasteiger partial charge in [-0.2, -0.15) is 0 Å². The minimum Gasteiger partial charge on any atom is -0.711 e. The summed E-state index contributed by atoms with van der Waals surface area (Å²) >= 11 is 0. The van der Waals surface area contributed by atoms with Crippen LogP contribution in [0.15, 0.2) is 48.8 Å². The van der Waals surface area contributed by atoms with Crippen LogP contribution >= 0.6 is 0 Å². The Kier molecular flexibility index (Phi) is 5.31. The van der Waals surface area contributed by atoms with Gasteiger partial charge in [0.05, 0.1) is 16.6 Å². The largest absolute Gasteiger partial charge is 0.711 e. The number of aromatic amines is 1. The Morgan fingerprint density at radius 1 is 1.16 bits per heavy atom. The van der Waals surface area contributed by atoms with Crippen molar-refractivity contribution in [3.8, 4) is 0 Å². The van der Waals surface area contributed by atoms with Crippen molar-refractivity contribution in [1.29, 1.82) is 0 Å². The van der Waals surface area contributed by atoms with E-state index in [1.807, 2.05) is 6.07 Å². The topological polar surface area (TPSA) is 144 Å². The molecule has 1 N–H and O–H groups in total. The molecule has 1 aliphatic heterocycles. The van der Waals surface area contributed by atoms with Crippen LogP contribution in [0.1, 0.15) is 27.6 Å². The number of ketones is 1. The molecule has 0 saturated carbocycles. The summed E-state index contributed by atoms with van der Waals surface area (Å²) in [6.45, 7) is 2.34. The molecule has 164 valence electrons. The number of amides is 2. The Hall–Kier alpha value is -4.28. The highest BCUT2D eigenvalue weighted by molar-refractivity contribution is 6.45. The zero-order valence-electron chi connectivity index (χ0n) is 17.1. The standard InChI is InChI=1S/C21H19N5O6/c1-13-12-23(20(28)14-5-3-2-4-6-14)9-10-24(13)21(29)18(27)15-11-22-19-17(15)16(26(31)32)7-8-25(19)30/h2-8,11,13,22H,9-10,12H2,1H3/t13-/m1/s1. The van der Waals surface area contributed by atoms with Crippen molar-refractivity contribution in [3.05, 3.63) is 75.2 Å². The van der Waals surface area contributed by atoms with E-state index in [-0.39, 0.29) is 42.1 Å². The Labute approximate surface area is 181 Å². The van der Waals surface area contributed by atoms with E-state index >= 15 is 0 Å². The van der Waals surface area contributed by atoms with Gasteiger partial charge >= 0.3 is 0 Å². The van der Waals surface area contributed by atoms with Crippen molar-refractivity contribution >= 4 is 34.3 Å². The lowest BCUT2D eigenvalue weighted by Gasteiger charge is -2.39. The summed E-state index contributed by atoms with van der Waals surface area (Å²) < 4.78 is 0.361. The fourth-order valence-electron chi connectivity index (χ4n) is 3.93. The first-order valence-electron chi connectivity index (χ1n) is 9.87. The number of aromatic nitrogens is 2. The van der Waals surface area contributed by atoms with E-state index in [4.69, 9.17) is 0 Å². The van der Waals surface area contributed by atoms with E-state index < -0.39 is 28.3 Å².